The molecule has 4 heterocycles. The van der Waals surface area contributed by atoms with E-state index < -0.39 is 47.8 Å². The fourth-order valence-corrected chi connectivity index (χ4v) is 7.40. The summed E-state index contributed by atoms with van der Waals surface area (Å²) < 4.78 is 2.26. The number of carbonyl (C=O) groups is 2. The molecule has 5 atom stereocenters. The van der Waals surface area contributed by atoms with E-state index in [1.54, 1.807) is 6.20 Å². The van der Waals surface area contributed by atoms with Crippen molar-refractivity contribution in [2.75, 3.05) is 61.4 Å². The van der Waals surface area contributed by atoms with Gasteiger partial charge in [-0.15, -0.1) is 0 Å². The van der Waals surface area contributed by atoms with Crippen LogP contribution in [0.15, 0.2) is 41.4 Å². The Kier molecular flexibility index (Phi) is 12.0. The number of aliphatic hydroxyl groups is 5. The zero-order chi connectivity index (χ0) is 36.3. The number of amides is 1. The average molecular weight is 781 g/mol. The van der Waals surface area contributed by atoms with Crippen LogP contribution in [-0.4, -0.2) is 137 Å². The zero-order valence-electron chi connectivity index (χ0n) is 27.7. The highest BCUT2D eigenvalue weighted by Gasteiger charge is 2.54. The second kappa shape index (κ2) is 15.9. The Bertz CT molecular complexity index is 1680. The fourth-order valence-electron chi connectivity index (χ4n) is 6.85. The van der Waals surface area contributed by atoms with Crippen molar-refractivity contribution in [2.24, 2.45) is 0 Å². The van der Waals surface area contributed by atoms with Gasteiger partial charge in [-0.1, -0.05) is 6.07 Å². The number of hydrogen-bond acceptors (Lipinski definition) is 14. The predicted octanol–water partition coefficient (Wildman–Crippen LogP) is 0.316. The van der Waals surface area contributed by atoms with E-state index in [2.05, 4.69) is 36.3 Å². The van der Waals surface area contributed by atoms with Crippen LogP contribution in [0, 0.1) is 0 Å². The maximum atomic E-state index is 13.4. The van der Waals surface area contributed by atoms with Gasteiger partial charge in [0.15, 0.2) is 11.5 Å². The highest BCUT2D eigenvalue weighted by molar-refractivity contribution is 9.10. The number of nitrogens with zero attached hydrogens (tertiary/aromatic N) is 7. The van der Waals surface area contributed by atoms with Crippen LogP contribution in [0.4, 0.5) is 17.2 Å². The summed E-state index contributed by atoms with van der Waals surface area (Å²) in [6, 6.07) is 5.97. The minimum absolute atomic E-state index is 0.0479. The third-order valence-corrected chi connectivity index (χ3v) is 10.2. The molecule has 2 aliphatic rings. The van der Waals surface area contributed by atoms with Gasteiger partial charge in [-0.25, -0.2) is 9.97 Å². The Morgan fingerprint density at radius 3 is 2.34 bits per heavy atom. The Hall–Kier alpha value is -3.42. The number of likely N-dealkylation sites (tertiary alicyclic amines) is 1. The smallest absolute Gasteiger partial charge is 0.273 e. The summed E-state index contributed by atoms with van der Waals surface area (Å²) in [6.07, 6.45) is 0.509. The molecule has 2 aromatic heterocycles. The van der Waals surface area contributed by atoms with Crippen LogP contribution in [0.5, 0.6) is 0 Å². The number of rotatable bonds is 14. The van der Waals surface area contributed by atoms with E-state index in [1.807, 2.05) is 57.6 Å². The summed E-state index contributed by atoms with van der Waals surface area (Å²) in [4.78, 5) is 40.4. The lowest BCUT2D eigenvalue weighted by molar-refractivity contribution is -0.120. The number of aromatic nitrogens is 4. The third-order valence-electron chi connectivity index (χ3n) is 9.52. The first-order chi connectivity index (χ1) is 23.9. The quantitative estimate of drug-likeness (QED) is 0.109. The summed E-state index contributed by atoms with van der Waals surface area (Å²) in [5, 5.41) is 55.9. The number of hydrogen-bond donors (Lipinski definition) is 7. The van der Waals surface area contributed by atoms with E-state index in [0.29, 0.717) is 30.8 Å². The zero-order valence-corrected chi connectivity index (χ0v) is 30.1. The Labute approximate surface area is 302 Å². The number of β-amino-alcohol motifs (C(OH)–C–C–N with tert-alkyl or cyclic N) is 1. The normalized spacial score (nSPS) is 20.7. The third kappa shape index (κ3) is 7.32. The summed E-state index contributed by atoms with van der Waals surface area (Å²) in [7, 11) is 0. The topological polar surface area (TPSA) is 227 Å². The second-order valence-corrected chi connectivity index (χ2v) is 13.6. The molecule has 1 unspecified atom stereocenters. The van der Waals surface area contributed by atoms with Gasteiger partial charge in [0, 0.05) is 44.5 Å². The molecule has 1 fully saturated rings. The lowest BCUT2D eigenvalue weighted by Gasteiger charge is -2.42. The Balaban J connectivity index is 1.30. The molecule has 1 aromatic carbocycles. The van der Waals surface area contributed by atoms with Gasteiger partial charge < -0.3 is 51.3 Å². The fraction of sp³-hybridized carbons (Fsp3) is 0.531. The van der Waals surface area contributed by atoms with Gasteiger partial charge in [-0.2, -0.15) is 5.10 Å². The Morgan fingerprint density at radius 2 is 1.70 bits per heavy atom. The maximum Gasteiger partial charge on any atom is 0.273 e. The molecule has 0 aliphatic carbocycles. The monoisotopic (exact) mass is 779 g/mol. The van der Waals surface area contributed by atoms with E-state index in [1.165, 1.54) is 6.20 Å². The van der Waals surface area contributed by atoms with Gasteiger partial charge in [0.05, 0.1) is 49.1 Å². The van der Waals surface area contributed by atoms with Crippen molar-refractivity contribution in [3.63, 3.8) is 0 Å². The number of nitrogens with two attached hydrogens (primary N) is 1. The number of aliphatic hydroxyl groups excluding tert-OH is 5. The molecule has 0 saturated carbocycles. The molecule has 5 rings (SSSR count). The number of fused-ring (bicyclic) bond motifs is 1. The number of halogens is 2. The van der Waals surface area contributed by atoms with Gasteiger partial charge >= 0.3 is 0 Å². The molecule has 2 aliphatic heterocycles. The van der Waals surface area contributed by atoms with Crippen LogP contribution in [0.2, 0.25) is 0 Å². The van der Waals surface area contributed by atoms with Crippen LogP contribution in [0.25, 0.3) is 11.1 Å². The average Bonchev–Trinajstić information content (AvgIpc) is 3.72. The number of likely N-dealkylation sites (N-methyl/N-ethyl adjacent to an activating group) is 2. The second-order valence-electron chi connectivity index (χ2n) is 12.4. The van der Waals surface area contributed by atoms with Crippen molar-refractivity contribution in [3.05, 3.63) is 47.1 Å². The SMILES string of the molecule is CCN1c2ccc(-c3cnn(C4CCN(C[C@H](O)[C@@H](O)[C@H](O)[C@H](O)CO)CC4)c3)cc2N(CC)C1(CNC(=O)c1nc(Br)cnc1N)C(=O)Cl. The van der Waals surface area contributed by atoms with E-state index in [4.69, 9.17) is 22.4 Å². The highest BCUT2D eigenvalue weighted by atomic mass is 79.9. The molecule has 0 spiro atoms. The van der Waals surface area contributed by atoms with Gasteiger partial charge in [0.2, 0.25) is 5.66 Å². The van der Waals surface area contributed by atoms with E-state index in [-0.39, 0.29) is 30.6 Å². The number of anilines is 3. The Morgan fingerprint density at radius 1 is 1.04 bits per heavy atom. The molecule has 0 bridgehead atoms. The standard InChI is InChI=1S/C32H43BrClN9O7/c1-3-41-21-6-5-18(11-22(21)42(4-2)32(41,31(34)50)17-37-30(49)26-29(35)36-13-25(33)39-26)19-12-38-43(14-19)20-7-9-40(10-8-20)15-23(45)27(47)28(48)24(46)16-44/h5-6,11-14,20,23-24,27-28,44-48H,3-4,7-10,15-17H2,1-2H3,(H2,35,36)(H,37,49)/t23-,24+,27+,28+,32?/m0/s1. The number of benzene rings is 1. The van der Waals surface area contributed by atoms with Gasteiger partial charge in [-0.05, 0) is 71.9 Å². The number of carbonyl (C=O) groups excluding carboxylic acids is 2. The van der Waals surface area contributed by atoms with Crippen molar-refractivity contribution in [1.82, 2.24) is 30.0 Å². The van der Waals surface area contributed by atoms with E-state index in [9.17, 15) is 30.0 Å². The highest BCUT2D eigenvalue weighted by Crippen LogP contribution is 2.47. The minimum Gasteiger partial charge on any atom is -0.394 e. The van der Waals surface area contributed by atoms with Gasteiger partial charge in [0.25, 0.3) is 11.1 Å². The molecule has 18 heteroatoms. The molecule has 8 N–H and O–H groups in total. The van der Waals surface area contributed by atoms with Crippen LogP contribution in [0.3, 0.4) is 0 Å². The van der Waals surface area contributed by atoms with Crippen LogP contribution >= 0.6 is 27.5 Å². The lowest BCUT2D eigenvalue weighted by atomic mass is 10.0. The van der Waals surface area contributed by atoms with E-state index >= 15 is 0 Å². The number of piperidine rings is 1. The number of nitrogen functional groups attached to an aromatic ring is 1. The molecule has 0 radical (unpaired) electrons. The number of nitrogens with one attached hydrogen (secondary N) is 1. The van der Waals surface area contributed by atoms with Crippen LogP contribution in [-0.2, 0) is 4.79 Å². The first-order valence-electron chi connectivity index (χ1n) is 16.4. The summed E-state index contributed by atoms with van der Waals surface area (Å²) in [5.41, 5.74) is 7.71. The molecular formula is C32H43BrClN9O7. The lowest BCUT2D eigenvalue weighted by Crippen LogP contribution is -2.66. The molecule has 16 nitrogen and oxygen atoms in total. The van der Waals surface area contributed by atoms with Gasteiger partial charge in [0.1, 0.15) is 22.9 Å². The largest absolute Gasteiger partial charge is 0.394 e. The van der Waals surface area contributed by atoms with Gasteiger partial charge in [-0.3, -0.25) is 14.3 Å². The van der Waals surface area contributed by atoms with Crippen LogP contribution < -0.4 is 20.9 Å². The molecule has 50 heavy (non-hydrogen) atoms. The molecule has 272 valence electrons. The van der Waals surface area contributed by atoms with Crippen molar-refractivity contribution in [1.29, 1.82) is 0 Å². The first kappa shape index (κ1) is 37.8. The van der Waals surface area contributed by atoms with Crippen molar-refractivity contribution >= 4 is 55.9 Å². The van der Waals surface area contributed by atoms with Crippen molar-refractivity contribution in [3.8, 4) is 11.1 Å². The minimum atomic E-state index is -1.66. The first-order valence-corrected chi connectivity index (χ1v) is 17.6. The van der Waals surface area contributed by atoms with E-state index in [0.717, 1.165) is 35.3 Å². The molecular weight excluding hydrogens is 738 g/mol. The van der Waals surface area contributed by atoms with Crippen LogP contribution in [0.1, 0.15) is 43.2 Å². The molecule has 1 amide bonds. The van der Waals surface area contributed by atoms with Crippen molar-refractivity contribution < 1.29 is 35.1 Å². The predicted molar refractivity (Wildman–Crippen MR) is 190 cm³/mol. The summed E-state index contributed by atoms with van der Waals surface area (Å²) >= 11 is 9.60. The van der Waals surface area contributed by atoms with Crippen molar-refractivity contribution in [2.45, 2.75) is 62.8 Å². The summed E-state index contributed by atoms with van der Waals surface area (Å²) in [5.74, 6) is -0.644. The maximum absolute atomic E-state index is 13.4. The molecule has 3 aromatic rings. The molecule has 1 saturated heterocycles. The summed E-state index contributed by atoms with van der Waals surface area (Å²) in [6.45, 7) is 5.12.